The van der Waals surface area contributed by atoms with E-state index in [4.69, 9.17) is 5.73 Å². The number of likely N-dealkylation sites (N-methyl/N-ethyl adjacent to an activating group) is 1. The highest BCUT2D eigenvalue weighted by Gasteiger charge is 2.20. The molecule has 170 valence electrons. The molecule has 0 aliphatic carbocycles. The highest BCUT2D eigenvalue weighted by atomic mass is 127. The van der Waals surface area contributed by atoms with E-state index >= 15 is 0 Å². The van der Waals surface area contributed by atoms with Gasteiger partial charge in [-0.2, -0.15) is 0 Å². The van der Waals surface area contributed by atoms with Crippen LogP contribution < -0.4 is 15.5 Å². The maximum absolute atomic E-state index is 14.7. The van der Waals surface area contributed by atoms with E-state index < -0.39 is 0 Å². The molecule has 10 heteroatoms. The van der Waals surface area contributed by atoms with E-state index in [0.29, 0.717) is 18.2 Å². The number of aliphatic imine (C=N–C) groups is 1. The molecule has 0 spiro atoms. The average Bonchev–Trinajstić information content (AvgIpc) is 3.33. The number of aromatic nitrogens is 1. The number of hydrogen-bond donors (Lipinski definition) is 1. The Morgan fingerprint density at radius 1 is 1.10 bits per heavy atom. The van der Waals surface area contributed by atoms with Gasteiger partial charge in [0, 0.05) is 63.9 Å². The lowest BCUT2D eigenvalue weighted by atomic mass is 10.1. The molecular formula is C21H31FIN7S. The van der Waals surface area contributed by atoms with Gasteiger partial charge in [0.1, 0.15) is 5.82 Å². The number of hydrogen-bond acceptors (Lipinski definition) is 6. The summed E-state index contributed by atoms with van der Waals surface area (Å²) in [5.74, 6) is 0.345. The lowest BCUT2D eigenvalue weighted by Gasteiger charge is -2.35. The molecule has 2 aliphatic rings. The predicted octanol–water partition coefficient (Wildman–Crippen LogP) is 2.68. The second kappa shape index (κ2) is 11.3. The van der Waals surface area contributed by atoms with Gasteiger partial charge < -0.3 is 25.3 Å². The van der Waals surface area contributed by atoms with Crippen LogP contribution in [0, 0.1) is 5.82 Å². The molecule has 3 heterocycles. The Morgan fingerprint density at radius 3 is 2.42 bits per heavy atom. The minimum atomic E-state index is -0.178. The smallest absolute Gasteiger partial charge is 0.191 e. The van der Waals surface area contributed by atoms with E-state index in [1.54, 1.807) is 17.4 Å². The van der Waals surface area contributed by atoms with Gasteiger partial charge in [-0.3, -0.25) is 0 Å². The lowest BCUT2D eigenvalue weighted by Crippen LogP contribution is -2.51. The van der Waals surface area contributed by atoms with E-state index in [9.17, 15) is 4.39 Å². The van der Waals surface area contributed by atoms with Crippen LogP contribution in [0.5, 0.6) is 0 Å². The summed E-state index contributed by atoms with van der Waals surface area (Å²) >= 11 is 1.65. The van der Waals surface area contributed by atoms with Gasteiger partial charge in [-0.15, -0.1) is 35.3 Å². The number of thiazole rings is 1. The van der Waals surface area contributed by atoms with E-state index in [-0.39, 0.29) is 29.8 Å². The van der Waals surface area contributed by atoms with Crippen LogP contribution in [-0.4, -0.2) is 79.6 Å². The molecule has 2 fully saturated rings. The molecule has 1 aromatic heterocycles. The number of anilines is 2. The summed E-state index contributed by atoms with van der Waals surface area (Å²) in [6, 6.07) is 5.44. The molecule has 2 aliphatic heterocycles. The molecule has 2 saturated heterocycles. The molecule has 2 aromatic rings. The highest BCUT2D eigenvalue weighted by Crippen LogP contribution is 2.23. The second-order valence-electron chi connectivity index (χ2n) is 7.67. The van der Waals surface area contributed by atoms with Gasteiger partial charge in [-0.25, -0.2) is 14.4 Å². The molecule has 0 amide bonds. The minimum Gasteiger partial charge on any atom is -0.370 e. The Labute approximate surface area is 204 Å². The Kier molecular flexibility index (Phi) is 8.73. The van der Waals surface area contributed by atoms with Crippen LogP contribution in [0.4, 0.5) is 15.2 Å². The Balaban J connectivity index is 0.00000272. The van der Waals surface area contributed by atoms with Crippen molar-refractivity contribution in [2.24, 2.45) is 10.7 Å². The second-order valence-corrected chi connectivity index (χ2v) is 8.54. The molecule has 31 heavy (non-hydrogen) atoms. The quantitative estimate of drug-likeness (QED) is 0.346. The summed E-state index contributed by atoms with van der Waals surface area (Å²) in [6.07, 6.45) is 1.83. The fourth-order valence-electron chi connectivity index (χ4n) is 3.98. The normalized spacial score (nSPS) is 18.3. The van der Waals surface area contributed by atoms with E-state index in [1.165, 1.54) is 0 Å². The summed E-state index contributed by atoms with van der Waals surface area (Å²) in [7, 11) is 0. The number of rotatable bonds is 5. The third-order valence-electron chi connectivity index (χ3n) is 5.89. The molecule has 0 unspecified atom stereocenters. The number of halogens is 2. The maximum atomic E-state index is 14.7. The average molecular weight is 559 g/mol. The number of nitrogens with zero attached hydrogens (tertiary/aromatic N) is 6. The third kappa shape index (κ3) is 5.98. The van der Waals surface area contributed by atoms with E-state index in [2.05, 4.69) is 36.5 Å². The van der Waals surface area contributed by atoms with E-state index in [0.717, 1.165) is 69.6 Å². The Hall–Kier alpha value is -1.66. The van der Waals surface area contributed by atoms with Gasteiger partial charge in [-0.05, 0) is 24.2 Å². The first-order valence-electron chi connectivity index (χ1n) is 10.6. The van der Waals surface area contributed by atoms with E-state index in [1.807, 2.05) is 23.7 Å². The molecule has 1 aromatic carbocycles. The van der Waals surface area contributed by atoms with Crippen LogP contribution in [0.15, 0.2) is 34.8 Å². The van der Waals surface area contributed by atoms with Crippen LogP contribution in [0.1, 0.15) is 12.5 Å². The zero-order valence-electron chi connectivity index (χ0n) is 17.9. The summed E-state index contributed by atoms with van der Waals surface area (Å²) in [5, 5.41) is 3.05. The monoisotopic (exact) mass is 559 g/mol. The number of benzene rings is 1. The van der Waals surface area contributed by atoms with Crippen molar-refractivity contribution in [2.45, 2.75) is 13.5 Å². The molecular weight excluding hydrogens is 528 g/mol. The first-order valence-corrected chi connectivity index (χ1v) is 11.5. The summed E-state index contributed by atoms with van der Waals surface area (Å²) in [4.78, 5) is 17.7. The van der Waals surface area contributed by atoms with Crippen LogP contribution in [0.2, 0.25) is 0 Å². The number of piperazine rings is 2. The summed E-state index contributed by atoms with van der Waals surface area (Å²) < 4.78 is 14.7. The maximum Gasteiger partial charge on any atom is 0.191 e. The molecule has 0 saturated carbocycles. The molecule has 4 rings (SSSR count). The SMILES string of the molecule is CCN1CCN(c2ccc(CN=C(N)N3CCN(c4nccs4)CC3)cc2F)CC1.I. The Morgan fingerprint density at radius 2 is 1.81 bits per heavy atom. The van der Waals surface area contributed by atoms with Gasteiger partial charge in [-0.1, -0.05) is 13.0 Å². The lowest BCUT2D eigenvalue weighted by molar-refractivity contribution is 0.270. The van der Waals surface area contributed by atoms with Gasteiger partial charge >= 0.3 is 0 Å². The van der Waals surface area contributed by atoms with Gasteiger partial charge in [0.25, 0.3) is 0 Å². The first-order chi connectivity index (χ1) is 14.6. The largest absolute Gasteiger partial charge is 0.370 e. The van der Waals surface area contributed by atoms with Crippen LogP contribution in [0.25, 0.3) is 0 Å². The van der Waals surface area contributed by atoms with Gasteiger partial charge in [0.2, 0.25) is 0 Å². The standard InChI is InChI=1S/C21H30FN7S.HI/c1-2-26-6-8-27(9-7-26)19-4-3-17(15-18(19)22)16-25-20(23)28-10-12-29(13-11-28)21-24-5-14-30-21;/h3-5,14-15H,2,6-13,16H2,1H3,(H2,23,25);1H. The topological polar surface area (TPSA) is 64.2 Å². The van der Waals surface area contributed by atoms with Gasteiger partial charge in [0.05, 0.1) is 12.2 Å². The predicted molar refractivity (Wildman–Crippen MR) is 137 cm³/mol. The molecule has 7 nitrogen and oxygen atoms in total. The minimum absolute atomic E-state index is 0. The van der Waals surface area contributed by atoms with Crippen LogP contribution in [-0.2, 0) is 6.54 Å². The third-order valence-corrected chi connectivity index (χ3v) is 6.72. The first kappa shape index (κ1) is 24.0. The number of nitrogens with two attached hydrogens (primary N) is 1. The zero-order valence-corrected chi connectivity index (χ0v) is 21.1. The van der Waals surface area contributed by atoms with Crippen LogP contribution in [0.3, 0.4) is 0 Å². The van der Waals surface area contributed by atoms with Crippen molar-refractivity contribution < 1.29 is 4.39 Å². The van der Waals surface area contributed by atoms with Crippen molar-refractivity contribution in [3.8, 4) is 0 Å². The summed E-state index contributed by atoms with van der Waals surface area (Å²) in [5.41, 5.74) is 7.73. The zero-order chi connectivity index (χ0) is 20.9. The molecule has 0 radical (unpaired) electrons. The van der Waals surface area contributed by atoms with Crippen molar-refractivity contribution in [1.82, 2.24) is 14.8 Å². The highest BCUT2D eigenvalue weighted by molar-refractivity contribution is 14.0. The fourth-order valence-corrected chi connectivity index (χ4v) is 4.68. The van der Waals surface area contributed by atoms with Crippen molar-refractivity contribution in [3.05, 3.63) is 41.2 Å². The molecule has 0 bridgehead atoms. The van der Waals surface area contributed by atoms with Gasteiger partial charge in [0.15, 0.2) is 11.1 Å². The van der Waals surface area contributed by atoms with Crippen LogP contribution >= 0.6 is 35.3 Å². The van der Waals surface area contributed by atoms with Crippen molar-refractivity contribution >= 4 is 52.1 Å². The number of guanidine groups is 1. The van der Waals surface area contributed by atoms with Crippen molar-refractivity contribution in [3.63, 3.8) is 0 Å². The molecule has 2 N–H and O–H groups in total. The van der Waals surface area contributed by atoms with Crippen molar-refractivity contribution in [2.75, 3.05) is 68.7 Å². The van der Waals surface area contributed by atoms with Crippen molar-refractivity contribution in [1.29, 1.82) is 0 Å². The Bertz CT molecular complexity index is 847. The fraction of sp³-hybridized carbons (Fsp3) is 0.524. The summed E-state index contributed by atoms with van der Waals surface area (Å²) in [6.45, 7) is 10.7. The molecule has 0 atom stereocenters.